The van der Waals surface area contributed by atoms with Crippen LogP contribution in [0, 0.1) is 0 Å². The molecule has 0 heterocycles. The van der Waals surface area contributed by atoms with Gasteiger partial charge in [0.15, 0.2) is 0 Å². The lowest BCUT2D eigenvalue weighted by molar-refractivity contribution is 0.306. The molecule has 0 aliphatic rings. The van der Waals surface area contributed by atoms with Gasteiger partial charge in [0.1, 0.15) is 12.4 Å². The lowest BCUT2D eigenvalue weighted by Gasteiger charge is -2.08. The van der Waals surface area contributed by atoms with Crippen molar-refractivity contribution in [3.63, 3.8) is 0 Å². The van der Waals surface area contributed by atoms with E-state index >= 15 is 0 Å². The number of halogens is 2. The number of rotatable bonds is 12. The summed E-state index contributed by atoms with van der Waals surface area (Å²) in [7, 11) is 0. The van der Waals surface area contributed by atoms with Crippen molar-refractivity contribution in [3.05, 3.63) is 64.7 Å². The van der Waals surface area contributed by atoms with Crippen molar-refractivity contribution in [2.24, 2.45) is 0 Å². The molecule has 0 saturated carbocycles. The third kappa shape index (κ3) is 9.47. The average molecular weight is 396 g/mol. The van der Waals surface area contributed by atoms with E-state index in [-0.39, 0.29) is 12.4 Å². The van der Waals surface area contributed by atoms with Crippen molar-refractivity contribution in [3.8, 4) is 5.75 Å². The molecular formula is C22H31Cl2NO. The zero-order valence-electron chi connectivity index (χ0n) is 15.7. The molecule has 0 fully saturated rings. The summed E-state index contributed by atoms with van der Waals surface area (Å²) in [6.07, 6.45) is 8.05. The van der Waals surface area contributed by atoms with Gasteiger partial charge in [0.2, 0.25) is 0 Å². The Morgan fingerprint density at radius 3 is 2.12 bits per heavy atom. The smallest absolute Gasteiger partial charge is 0.119 e. The van der Waals surface area contributed by atoms with Gasteiger partial charge < -0.3 is 10.1 Å². The number of benzene rings is 2. The van der Waals surface area contributed by atoms with Crippen LogP contribution in [-0.4, -0.2) is 6.54 Å². The molecule has 2 rings (SSSR count). The molecule has 26 heavy (non-hydrogen) atoms. The van der Waals surface area contributed by atoms with Crippen LogP contribution < -0.4 is 10.1 Å². The van der Waals surface area contributed by atoms with Gasteiger partial charge in [-0.25, -0.2) is 0 Å². The number of hydrogen-bond acceptors (Lipinski definition) is 2. The molecule has 2 nitrogen and oxygen atoms in total. The van der Waals surface area contributed by atoms with Gasteiger partial charge >= 0.3 is 0 Å². The van der Waals surface area contributed by atoms with Crippen LogP contribution in [0.2, 0.25) is 5.02 Å². The van der Waals surface area contributed by atoms with Crippen LogP contribution >= 0.6 is 24.0 Å². The topological polar surface area (TPSA) is 21.3 Å². The van der Waals surface area contributed by atoms with E-state index in [1.165, 1.54) is 44.1 Å². The Kier molecular flexibility index (Phi) is 12.2. The molecule has 0 aromatic heterocycles. The summed E-state index contributed by atoms with van der Waals surface area (Å²) in [5.41, 5.74) is 2.42. The number of unbranched alkanes of at least 4 members (excludes halogenated alkanes) is 5. The Labute approximate surface area is 169 Å². The highest BCUT2D eigenvalue weighted by Gasteiger charge is 1.98. The summed E-state index contributed by atoms with van der Waals surface area (Å²) in [6.45, 7) is 4.84. The Morgan fingerprint density at radius 2 is 1.42 bits per heavy atom. The molecule has 0 amide bonds. The molecule has 0 radical (unpaired) electrons. The normalized spacial score (nSPS) is 10.4. The first kappa shape index (κ1) is 22.8. The Morgan fingerprint density at radius 1 is 0.808 bits per heavy atom. The highest BCUT2D eigenvalue weighted by molar-refractivity contribution is 6.30. The highest BCUT2D eigenvalue weighted by Crippen LogP contribution is 2.15. The summed E-state index contributed by atoms with van der Waals surface area (Å²) in [4.78, 5) is 0. The van der Waals surface area contributed by atoms with Gasteiger partial charge in [0.05, 0.1) is 0 Å². The first-order valence-corrected chi connectivity index (χ1v) is 9.82. The summed E-state index contributed by atoms with van der Waals surface area (Å²) in [5, 5.41) is 4.27. The Hall–Kier alpha value is -1.22. The predicted octanol–water partition coefficient (Wildman–Crippen LogP) is 6.79. The third-order valence-electron chi connectivity index (χ3n) is 4.28. The predicted molar refractivity (Wildman–Crippen MR) is 115 cm³/mol. The van der Waals surface area contributed by atoms with Crippen molar-refractivity contribution < 1.29 is 4.74 Å². The minimum absolute atomic E-state index is 0. The van der Waals surface area contributed by atoms with Gasteiger partial charge in [-0.3, -0.25) is 0 Å². The molecule has 0 bridgehead atoms. The summed E-state index contributed by atoms with van der Waals surface area (Å²) in [6, 6.07) is 16.1. The van der Waals surface area contributed by atoms with Gasteiger partial charge in [-0.05, 0) is 48.4 Å². The van der Waals surface area contributed by atoms with E-state index in [1.54, 1.807) is 0 Å². The van der Waals surface area contributed by atoms with Crippen LogP contribution in [-0.2, 0) is 13.2 Å². The van der Waals surface area contributed by atoms with Crippen LogP contribution in [0.15, 0.2) is 48.5 Å². The maximum atomic E-state index is 5.89. The van der Waals surface area contributed by atoms with Gasteiger partial charge in [-0.2, -0.15) is 0 Å². The van der Waals surface area contributed by atoms with Crippen molar-refractivity contribution in [1.29, 1.82) is 0 Å². The van der Waals surface area contributed by atoms with Crippen LogP contribution in [0.1, 0.15) is 56.6 Å². The van der Waals surface area contributed by atoms with E-state index in [9.17, 15) is 0 Å². The van der Waals surface area contributed by atoms with Crippen molar-refractivity contribution in [2.75, 3.05) is 6.54 Å². The van der Waals surface area contributed by atoms with Crippen LogP contribution in [0.3, 0.4) is 0 Å². The monoisotopic (exact) mass is 395 g/mol. The van der Waals surface area contributed by atoms with Gasteiger partial charge in [0, 0.05) is 11.6 Å². The van der Waals surface area contributed by atoms with Crippen LogP contribution in [0.5, 0.6) is 5.75 Å². The summed E-state index contributed by atoms with van der Waals surface area (Å²) in [5.74, 6) is 0.898. The zero-order valence-corrected chi connectivity index (χ0v) is 17.2. The molecule has 2 aromatic carbocycles. The quantitative estimate of drug-likeness (QED) is 0.399. The fourth-order valence-electron chi connectivity index (χ4n) is 2.71. The molecule has 2 aromatic rings. The molecule has 4 heteroatoms. The third-order valence-corrected chi connectivity index (χ3v) is 4.53. The Balaban J connectivity index is 0.00000338. The molecule has 1 N–H and O–H groups in total. The fourth-order valence-corrected chi connectivity index (χ4v) is 2.84. The fraction of sp³-hybridized carbons (Fsp3) is 0.455. The minimum atomic E-state index is 0. The second-order valence-corrected chi connectivity index (χ2v) is 6.94. The first-order valence-electron chi connectivity index (χ1n) is 9.45. The van der Waals surface area contributed by atoms with E-state index < -0.39 is 0 Å². The van der Waals surface area contributed by atoms with Crippen molar-refractivity contribution in [2.45, 2.75) is 58.6 Å². The highest BCUT2D eigenvalue weighted by atomic mass is 35.5. The van der Waals surface area contributed by atoms with Crippen molar-refractivity contribution >= 4 is 24.0 Å². The van der Waals surface area contributed by atoms with Crippen LogP contribution in [0.4, 0.5) is 0 Å². The molecule has 0 unspecified atom stereocenters. The first-order chi connectivity index (χ1) is 12.3. The number of ether oxygens (including phenoxy) is 1. The Bertz CT molecular complexity index is 584. The van der Waals surface area contributed by atoms with E-state index in [0.29, 0.717) is 6.61 Å². The van der Waals surface area contributed by atoms with Crippen LogP contribution in [0.25, 0.3) is 0 Å². The zero-order chi connectivity index (χ0) is 17.7. The summed E-state index contributed by atoms with van der Waals surface area (Å²) < 4.78 is 5.81. The lowest BCUT2D eigenvalue weighted by atomic mass is 10.1. The molecule has 0 aliphatic heterocycles. The standard InChI is InChI=1S/C22H30ClNO.ClH/c1-2-3-4-5-6-7-16-24-17-19-10-14-22(15-11-19)25-18-20-8-12-21(23)13-9-20;/h8-15,24H,2-7,16-18H2,1H3;1H. The molecule has 0 aliphatic carbocycles. The maximum absolute atomic E-state index is 5.89. The largest absolute Gasteiger partial charge is 0.489 e. The number of hydrogen-bond donors (Lipinski definition) is 1. The SMILES string of the molecule is CCCCCCCCNCc1ccc(OCc2ccc(Cl)cc2)cc1.Cl. The van der Waals surface area contributed by atoms with Gasteiger partial charge in [-0.1, -0.05) is 74.9 Å². The average Bonchev–Trinajstić information content (AvgIpc) is 2.64. The van der Waals surface area contributed by atoms with Gasteiger partial charge in [0.25, 0.3) is 0 Å². The maximum Gasteiger partial charge on any atom is 0.119 e. The molecular weight excluding hydrogens is 365 g/mol. The second kappa shape index (κ2) is 13.9. The lowest BCUT2D eigenvalue weighted by Crippen LogP contribution is -2.14. The van der Waals surface area contributed by atoms with Crippen molar-refractivity contribution in [1.82, 2.24) is 5.32 Å². The minimum Gasteiger partial charge on any atom is -0.489 e. The number of nitrogens with one attached hydrogen (secondary N) is 1. The van der Waals surface area contributed by atoms with Gasteiger partial charge in [-0.15, -0.1) is 12.4 Å². The molecule has 0 saturated heterocycles. The van der Waals surface area contributed by atoms with E-state index in [0.717, 1.165) is 29.4 Å². The molecule has 144 valence electrons. The van der Waals surface area contributed by atoms with E-state index in [2.05, 4.69) is 24.4 Å². The second-order valence-electron chi connectivity index (χ2n) is 6.50. The van der Waals surface area contributed by atoms with E-state index in [1.807, 2.05) is 36.4 Å². The van der Waals surface area contributed by atoms with E-state index in [4.69, 9.17) is 16.3 Å². The molecule has 0 spiro atoms. The summed E-state index contributed by atoms with van der Waals surface area (Å²) >= 11 is 5.89. The molecule has 0 atom stereocenters.